The summed E-state index contributed by atoms with van der Waals surface area (Å²) in [6, 6.07) is 8.17. The lowest BCUT2D eigenvalue weighted by Crippen LogP contribution is -2.48. The number of hydrogen-bond acceptors (Lipinski definition) is 4. The summed E-state index contributed by atoms with van der Waals surface area (Å²) in [4.78, 5) is 19.2. The van der Waals surface area contributed by atoms with Crippen LogP contribution in [0.5, 0.6) is 0 Å². The van der Waals surface area contributed by atoms with Crippen molar-refractivity contribution in [2.24, 2.45) is 5.73 Å². The first-order valence-corrected chi connectivity index (χ1v) is 8.51. The number of amides is 1. The fraction of sp³-hybridized carbons (Fsp3) is 0.412. The molecule has 1 fully saturated rings. The van der Waals surface area contributed by atoms with E-state index in [4.69, 9.17) is 5.73 Å². The van der Waals surface area contributed by atoms with Crippen LogP contribution in [0.25, 0.3) is 10.6 Å². The van der Waals surface area contributed by atoms with Crippen LogP contribution in [-0.2, 0) is 0 Å². The van der Waals surface area contributed by atoms with E-state index in [1.54, 1.807) is 11.3 Å². The predicted molar refractivity (Wildman–Crippen MR) is 90.0 cm³/mol. The highest BCUT2D eigenvalue weighted by atomic mass is 32.1. The molecule has 0 spiro atoms. The number of hydrogen-bond donors (Lipinski definition) is 1. The van der Waals surface area contributed by atoms with Crippen LogP contribution in [0.15, 0.2) is 29.6 Å². The quantitative estimate of drug-likeness (QED) is 0.926. The molecule has 22 heavy (non-hydrogen) atoms. The lowest BCUT2D eigenvalue weighted by Gasteiger charge is -2.36. The maximum absolute atomic E-state index is 12.8. The number of likely N-dealkylation sites (tertiary alicyclic amines) is 1. The average molecular weight is 315 g/mol. The van der Waals surface area contributed by atoms with Crippen LogP contribution in [0.3, 0.4) is 0 Å². The van der Waals surface area contributed by atoms with Gasteiger partial charge in [-0.15, -0.1) is 11.3 Å². The Bertz CT molecular complexity index is 682. The Labute approximate surface area is 135 Å². The fourth-order valence-corrected chi connectivity index (χ4v) is 3.74. The molecule has 1 amide bonds. The smallest absolute Gasteiger partial charge is 0.254 e. The molecule has 1 aromatic carbocycles. The van der Waals surface area contributed by atoms with Gasteiger partial charge in [-0.2, -0.15) is 0 Å². The zero-order chi connectivity index (χ0) is 15.7. The molecule has 0 aliphatic carbocycles. The van der Waals surface area contributed by atoms with Gasteiger partial charge in [0.05, 0.1) is 0 Å². The number of nitrogens with zero attached hydrogens (tertiary/aromatic N) is 2. The summed E-state index contributed by atoms with van der Waals surface area (Å²) in [6.07, 6.45) is 1.75. The summed E-state index contributed by atoms with van der Waals surface area (Å²) in [5.41, 5.74) is 8.73. The number of carbonyl (C=O) groups is 1. The zero-order valence-corrected chi connectivity index (χ0v) is 13.8. The Balaban J connectivity index is 1.84. The van der Waals surface area contributed by atoms with Crippen LogP contribution in [-0.4, -0.2) is 34.4 Å². The zero-order valence-electron chi connectivity index (χ0n) is 13.0. The topological polar surface area (TPSA) is 59.2 Å². The van der Waals surface area contributed by atoms with Crippen molar-refractivity contribution in [3.63, 3.8) is 0 Å². The molecule has 2 atom stereocenters. The number of nitrogens with two attached hydrogens (primary N) is 1. The highest BCUT2D eigenvalue weighted by Gasteiger charge is 2.27. The fourth-order valence-electron chi connectivity index (χ4n) is 2.95. The maximum atomic E-state index is 12.8. The Morgan fingerprint density at radius 3 is 2.95 bits per heavy atom. The lowest BCUT2D eigenvalue weighted by molar-refractivity contribution is 0.0619. The Kier molecular flexibility index (Phi) is 4.27. The molecule has 1 aliphatic rings. The number of piperidine rings is 1. The van der Waals surface area contributed by atoms with Gasteiger partial charge in [-0.3, -0.25) is 4.79 Å². The van der Waals surface area contributed by atoms with Crippen LogP contribution in [0.2, 0.25) is 0 Å². The summed E-state index contributed by atoms with van der Waals surface area (Å²) in [7, 11) is 0. The Morgan fingerprint density at radius 2 is 2.27 bits per heavy atom. The molecule has 2 heterocycles. The van der Waals surface area contributed by atoms with E-state index in [2.05, 4.69) is 11.9 Å². The van der Waals surface area contributed by atoms with Crippen molar-refractivity contribution < 1.29 is 4.79 Å². The number of aromatic nitrogens is 1. The number of carbonyl (C=O) groups excluding carboxylic acids is 1. The van der Waals surface area contributed by atoms with Gasteiger partial charge in [0.15, 0.2) is 0 Å². The van der Waals surface area contributed by atoms with Gasteiger partial charge in [-0.05, 0) is 38.8 Å². The molecule has 1 aromatic heterocycles. The molecule has 5 heteroatoms. The van der Waals surface area contributed by atoms with Gasteiger partial charge in [0, 0.05) is 40.8 Å². The first-order valence-electron chi connectivity index (χ1n) is 7.63. The van der Waals surface area contributed by atoms with Crippen molar-refractivity contribution in [1.82, 2.24) is 9.88 Å². The second-order valence-corrected chi connectivity index (χ2v) is 6.86. The molecule has 4 nitrogen and oxygen atoms in total. The SMILES string of the molecule is Cc1csc(-c2cccc(C(=O)N3CC[C@@H](N)C[C@H]3C)c2)n1. The summed E-state index contributed by atoms with van der Waals surface area (Å²) >= 11 is 1.61. The van der Waals surface area contributed by atoms with Gasteiger partial charge in [0.1, 0.15) is 5.01 Å². The van der Waals surface area contributed by atoms with E-state index in [1.165, 1.54) is 0 Å². The molecule has 0 unspecified atom stereocenters. The molecule has 116 valence electrons. The van der Waals surface area contributed by atoms with Crippen molar-refractivity contribution in [3.8, 4) is 10.6 Å². The molecule has 3 rings (SSSR count). The Morgan fingerprint density at radius 1 is 1.45 bits per heavy atom. The monoisotopic (exact) mass is 315 g/mol. The van der Waals surface area contributed by atoms with E-state index in [0.717, 1.165) is 41.2 Å². The molecular weight excluding hydrogens is 294 g/mol. The van der Waals surface area contributed by atoms with Gasteiger partial charge in [0.2, 0.25) is 0 Å². The van der Waals surface area contributed by atoms with E-state index < -0.39 is 0 Å². The van der Waals surface area contributed by atoms with Crippen molar-refractivity contribution >= 4 is 17.2 Å². The minimum atomic E-state index is 0.0922. The number of thiazole rings is 1. The van der Waals surface area contributed by atoms with Gasteiger partial charge >= 0.3 is 0 Å². The first-order chi connectivity index (χ1) is 10.5. The molecule has 0 saturated carbocycles. The number of rotatable bonds is 2. The third-order valence-corrected chi connectivity index (χ3v) is 5.16. The van der Waals surface area contributed by atoms with Gasteiger partial charge < -0.3 is 10.6 Å². The standard InChI is InChI=1S/C17H21N3OS/c1-11-10-22-16(19-11)13-4-3-5-14(9-13)17(21)20-7-6-15(18)8-12(20)2/h3-5,9-10,12,15H,6-8,18H2,1-2H3/t12-,15-/m1/s1. The van der Waals surface area contributed by atoms with Gasteiger partial charge in [-0.1, -0.05) is 12.1 Å². The van der Waals surface area contributed by atoms with Crippen molar-refractivity contribution in [3.05, 3.63) is 40.9 Å². The summed E-state index contributed by atoms with van der Waals surface area (Å²) < 4.78 is 0. The summed E-state index contributed by atoms with van der Waals surface area (Å²) in [5, 5.41) is 2.98. The number of benzene rings is 1. The van der Waals surface area contributed by atoms with Crippen LogP contribution in [0.4, 0.5) is 0 Å². The van der Waals surface area contributed by atoms with Gasteiger partial charge in [-0.25, -0.2) is 4.98 Å². The molecule has 1 aliphatic heterocycles. The van der Waals surface area contributed by atoms with E-state index in [9.17, 15) is 4.79 Å². The maximum Gasteiger partial charge on any atom is 0.254 e. The molecular formula is C17H21N3OS. The molecule has 1 saturated heterocycles. The Hall–Kier alpha value is -1.72. The predicted octanol–water partition coefficient (Wildman–Crippen LogP) is 3.07. The first kappa shape index (κ1) is 15.2. The summed E-state index contributed by atoms with van der Waals surface area (Å²) in [6.45, 7) is 4.79. The molecule has 0 radical (unpaired) electrons. The van der Waals surface area contributed by atoms with Crippen LogP contribution >= 0.6 is 11.3 Å². The molecule has 0 bridgehead atoms. The van der Waals surface area contributed by atoms with E-state index in [1.807, 2.05) is 41.5 Å². The largest absolute Gasteiger partial charge is 0.336 e. The second kappa shape index (κ2) is 6.18. The van der Waals surface area contributed by atoms with Crippen molar-refractivity contribution in [2.45, 2.75) is 38.8 Å². The van der Waals surface area contributed by atoms with Gasteiger partial charge in [0.25, 0.3) is 5.91 Å². The lowest BCUT2D eigenvalue weighted by atomic mass is 9.98. The van der Waals surface area contributed by atoms with Crippen LogP contribution in [0, 0.1) is 6.92 Å². The van der Waals surface area contributed by atoms with E-state index in [-0.39, 0.29) is 18.0 Å². The third-order valence-electron chi connectivity index (χ3n) is 4.15. The number of aryl methyl sites for hydroxylation is 1. The van der Waals surface area contributed by atoms with Crippen LogP contribution in [0.1, 0.15) is 35.8 Å². The minimum absolute atomic E-state index is 0.0922. The third kappa shape index (κ3) is 3.05. The summed E-state index contributed by atoms with van der Waals surface area (Å²) in [5.74, 6) is 0.0922. The van der Waals surface area contributed by atoms with E-state index in [0.29, 0.717) is 0 Å². The minimum Gasteiger partial charge on any atom is -0.336 e. The highest BCUT2D eigenvalue weighted by Crippen LogP contribution is 2.26. The van der Waals surface area contributed by atoms with Crippen molar-refractivity contribution in [1.29, 1.82) is 0 Å². The highest BCUT2D eigenvalue weighted by molar-refractivity contribution is 7.13. The van der Waals surface area contributed by atoms with Crippen LogP contribution < -0.4 is 5.73 Å². The molecule has 2 N–H and O–H groups in total. The normalized spacial score (nSPS) is 21.9. The average Bonchev–Trinajstić information content (AvgIpc) is 2.93. The molecule has 2 aromatic rings. The van der Waals surface area contributed by atoms with E-state index >= 15 is 0 Å². The second-order valence-electron chi connectivity index (χ2n) is 6.01. The van der Waals surface area contributed by atoms with Crippen molar-refractivity contribution in [2.75, 3.05) is 6.54 Å².